The Morgan fingerprint density at radius 1 is 1.44 bits per heavy atom. The zero-order chi connectivity index (χ0) is 11.9. The fourth-order valence-corrected chi connectivity index (χ4v) is 3.73. The summed E-state index contributed by atoms with van der Waals surface area (Å²) in [5.74, 6) is -0.261. The lowest BCUT2D eigenvalue weighted by atomic mass is 10.1. The molecule has 4 nitrogen and oxygen atoms in total. The second kappa shape index (κ2) is 3.59. The zero-order valence-electron chi connectivity index (χ0n) is 9.15. The maximum atomic E-state index is 12.0. The average molecular weight is 239 g/mol. The second-order valence-corrected chi connectivity index (χ2v) is 6.34. The standard InChI is InChI=1S/C11H13NO3S/c1-7-6-9-4-3-5-10(12-8(2)13)11(9)16(7,14)15/h3-5,7H,6H2,1-2H3,(H,12,13). The van der Waals surface area contributed by atoms with Gasteiger partial charge in [0.2, 0.25) is 5.91 Å². The summed E-state index contributed by atoms with van der Waals surface area (Å²) in [6, 6.07) is 5.18. The molecular weight excluding hydrogens is 226 g/mol. The Bertz CT molecular complexity index is 548. The first-order chi connectivity index (χ1) is 7.43. The van der Waals surface area contributed by atoms with E-state index >= 15 is 0 Å². The smallest absolute Gasteiger partial charge is 0.221 e. The molecule has 16 heavy (non-hydrogen) atoms. The molecular formula is C11H13NO3S. The lowest BCUT2D eigenvalue weighted by Crippen LogP contribution is -2.14. The molecule has 0 bridgehead atoms. The first-order valence-electron chi connectivity index (χ1n) is 5.06. The number of anilines is 1. The monoisotopic (exact) mass is 239 g/mol. The van der Waals surface area contributed by atoms with Crippen LogP contribution in [0.25, 0.3) is 0 Å². The van der Waals surface area contributed by atoms with E-state index in [0.717, 1.165) is 5.56 Å². The summed E-state index contributed by atoms with van der Waals surface area (Å²) in [5, 5.41) is 2.16. The van der Waals surface area contributed by atoms with Gasteiger partial charge in [-0.1, -0.05) is 12.1 Å². The van der Waals surface area contributed by atoms with Crippen LogP contribution in [0.3, 0.4) is 0 Å². The molecule has 1 aromatic rings. The Morgan fingerprint density at radius 2 is 2.12 bits per heavy atom. The van der Waals surface area contributed by atoms with Gasteiger partial charge in [-0.2, -0.15) is 0 Å². The summed E-state index contributed by atoms with van der Waals surface area (Å²) in [6.45, 7) is 3.05. The van der Waals surface area contributed by atoms with Crippen molar-refractivity contribution in [1.29, 1.82) is 0 Å². The predicted octanol–water partition coefficient (Wildman–Crippen LogP) is 1.36. The van der Waals surface area contributed by atoms with Crippen LogP contribution in [0.2, 0.25) is 0 Å². The van der Waals surface area contributed by atoms with Crippen LogP contribution in [0.5, 0.6) is 0 Å². The number of hydrogen-bond donors (Lipinski definition) is 1. The largest absolute Gasteiger partial charge is 0.325 e. The first kappa shape index (κ1) is 11.1. The zero-order valence-corrected chi connectivity index (χ0v) is 9.97. The molecule has 1 atom stereocenters. The van der Waals surface area contributed by atoms with Crippen molar-refractivity contribution in [1.82, 2.24) is 0 Å². The van der Waals surface area contributed by atoms with Crippen molar-refractivity contribution < 1.29 is 13.2 Å². The molecule has 2 rings (SSSR count). The number of fused-ring (bicyclic) bond motifs is 1. The van der Waals surface area contributed by atoms with Crippen molar-refractivity contribution in [3.05, 3.63) is 23.8 Å². The van der Waals surface area contributed by atoms with Gasteiger partial charge in [0.05, 0.1) is 15.8 Å². The van der Waals surface area contributed by atoms with Crippen LogP contribution in [0, 0.1) is 0 Å². The molecule has 1 aromatic carbocycles. The van der Waals surface area contributed by atoms with E-state index in [9.17, 15) is 13.2 Å². The van der Waals surface area contributed by atoms with Crippen LogP contribution in [0.4, 0.5) is 5.69 Å². The molecule has 1 aliphatic rings. The molecule has 5 heteroatoms. The van der Waals surface area contributed by atoms with Crippen LogP contribution in [-0.2, 0) is 21.1 Å². The number of hydrogen-bond acceptors (Lipinski definition) is 3. The van der Waals surface area contributed by atoms with Crippen LogP contribution in [-0.4, -0.2) is 19.6 Å². The normalized spacial score (nSPS) is 21.5. The van der Waals surface area contributed by atoms with E-state index in [0.29, 0.717) is 12.1 Å². The van der Waals surface area contributed by atoms with E-state index in [2.05, 4.69) is 5.32 Å². The third-order valence-corrected chi connectivity index (χ3v) is 5.01. The summed E-state index contributed by atoms with van der Waals surface area (Å²) in [4.78, 5) is 11.3. The van der Waals surface area contributed by atoms with Gasteiger partial charge < -0.3 is 5.32 Å². The number of amides is 1. The van der Waals surface area contributed by atoms with Gasteiger partial charge in [0, 0.05) is 6.92 Å². The van der Waals surface area contributed by atoms with Gasteiger partial charge in [0.25, 0.3) is 0 Å². The maximum absolute atomic E-state index is 12.0. The van der Waals surface area contributed by atoms with Gasteiger partial charge in [-0.15, -0.1) is 0 Å². The molecule has 0 aliphatic carbocycles. The van der Waals surface area contributed by atoms with Gasteiger partial charge in [0.15, 0.2) is 9.84 Å². The fourth-order valence-electron chi connectivity index (χ4n) is 1.99. The van der Waals surface area contributed by atoms with Crippen molar-refractivity contribution in [2.24, 2.45) is 0 Å². The molecule has 0 spiro atoms. The third kappa shape index (κ3) is 1.61. The Labute approximate surface area is 94.6 Å². The molecule has 1 amide bonds. The third-order valence-electron chi connectivity index (χ3n) is 2.73. The minimum absolute atomic E-state index is 0.261. The first-order valence-corrected chi connectivity index (χ1v) is 6.61. The quantitative estimate of drug-likeness (QED) is 0.805. The summed E-state index contributed by atoms with van der Waals surface area (Å²) in [5.41, 5.74) is 1.19. The molecule has 0 saturated carbocycles. The molecule has 1 N–H and O–H groups in total. The van der Waals surface area contributed by atoms with E-state index in [-0.39, 0.29) is 10.8 Å². The van der Waals surface area contributed by atoms with Crippen LogP contribution >= 0.6 is 0 Å². The van der Waals surface area contributed by atoms with Gasteiger partial charge in [-0.05, 0) is 25.0 Å². The molecule has 0 aromatic heterocycles. The maximum Gasteiger partial charge on any atom is 0.221 e. The summed E-state index contributed by atoms with van der Waals surface area (Å²) in [7, 11) is -3.28. The lowest BCUT2D eigenvalue weighted by Gasteiger charge is -2.08. The van der Waals surface area contributed by atoms with Crippen LogP contribution < -0.4 is 5.32 Å². The number of carbonyl (C=O) groups is 1. The number of benzene rings is 1. The van der Waals surface area contributed by atoms with Crippen molar-refractivity contribution in [2.45, 2.75) is 30.4 Å². The molecule has 0 fully saturated rings. The minimum atomic E-state index is -3.28. The Balaban J connectivity index is 2.61. The van der Waals surface area contributed by atoms with Crippen molar-refractivity contribution in [2.75, 3.05) is 5.32 Å². The minimum Gasteiger partial charge on any atom is -0.325 e. The molecule has 86 valence electrons. The van der Waals surface area contributed by atoms with Gasteiger partial charge in [0.1, 0.15) is 0 Å². The van der Waals surface area contributed by atoms with Gasteiger partial charge in [-0.3, -0.25) is 4.79 Å². The van der Waals surface area contributed by atoms with E-state index in [4.69, 9.17) is 0 Å². The number of sulfone groups is 1. The SMILES string of the molecule is CC(=O)Nc1cccc2c1S(=O)(=O)C(C)C2. The topological polar surface area (TPSA) is 63.2 Å². The number of rotatable bonds is 1. The van der Waals surface area contributed by atoms with Crippen molar-refractivity contribution in [3.63, 3.8) is 0 Å². The molecule has 0 radical (unpaired) electrons. The molecule has 0 saturated heterocycles. The Kier molecular flexibility index (Phi) is 2.50. The highest BCUT2D eigenvalue weighted by molar-refractivity contribution is 7.92. The highest BCUT2D eigenvalue weighted by atomic mass is 32.2. The van der Waals surface area contributed by atoms with Crippen molar-refractivity contribution in [3.8, 4) is 0 Å². The van der Waals surface area contributed by atoms with E-state index < -0.39 is 15.1 Å². The van der Waals surface area contributed by atoms with E-state index in [1.54, 1.807) is 25.1 Å². The molecule has 1 heterocycles. The lowest BCUT2D eigenvalue weighted by molar-refractivity contribution is -0.114. The van der Waals surface area contributed by atoms with Crippen molar-refractivity contribution >= 4 is 21.4 Å². The number of nitrogens with one attached hydrogen (secondary N) is 1. The summed E-state index contributed by atoms with van der Waals surface area (Å²) in [6.07, 6.45) is 0.519. The highest BCUT2D eigenvalue weighted by Crippen LogP contribution is 2.36. The molecule has 1 aliphatic heterocycles. The number of carbonyl (C=O) groups excluding carboxylic acids is 1. The van der Waals surface area contributed by atoms with E-state index in [1.165, 1.54) is 6.92 Å². The fraction of sp³-hybridized carbons (Fsp3) is 0.364. The second-order valence-electron chi connectivity index (χ2n) is 4.03. The summed E-state index contributed by atoms with van der Waals surface area (Å²) >= 11 is 0. The van der Waals surface area contributed by atoms with Gasteiger partial charge in [-0.25, -0.2) is 8.42 Å². The summed E-state index contributed by atoms with van der Waals surface area (Å²) < 4.78 is 24.1. The molecule has 1 unspecified atom stereocenters. The van der Waals surface area contributed by atoms with Crippen LogP contribution in [0.15, 0.2) is 23.1 Å². The highest BCUT2D eigenvalue weighted by Gasteiger charge is 2.35. The average Bonchev–Trinajstić information content (AvgIpc) is 2.38. The Hall–Kier alpha value is -1.36. The van der Waals surface area contributed by atoms with Crippen LogP contribution in [0.1, 0.15) is 19.4 Å². The Morgan fingerprint density at radius 3 is 2.75 bits per heavy atom. The predicted molar refractivity (Wildman–Crippen MR) is 61.1 cm³/mol. The van der Waals surface area contributed by atoms with Gasteiger partial charge >= 0.3 is 0 Å². The van der Waals surface area contributed by atoms with E-state index in [1.807, 2.05) is 0 Å².